The highest BCUT2D eigenvalue weighted by Crippen LogP contribution is 2.35. The lowest BCUT2D eigenvalue weighted by molar-refractivity contribution is -0.153. The molecule has 0 aliphatic carbocycles. The van der Waals surface area contributed by atoms with Gasteiger partial charge in [-0.2, -0.15) is 0 Å². The Morgan fingerprint density at radius 3 is 2.38 bits per heavy atom. The minimum atomic E-state index is -0.791. The molecule has 1 heterocycles. The molecule has 0 unspecified atom stereocenters. The molecule has 156 valence electrons. The van der Waals surface area contributed by atoms with E-state index in [1.165, 1.54) is 24.6 Å². The number of esters is 2. The number of fused-ring (bicyclic) bond motifs is 1. The second-order valence-corrected chi connectivity index (χ2v) is 7.73. The monoisotopic (exact) mass is 401 g/mol. The molecule has 29 heavy (non-hydrogen) atoms. The molecule has 0 saturated heterocycles. The van der Waals surface area contributed by atoms with Gasteiger partial charge in [0.05, 0.1) is 17.4 Å². The summed E-state index contributed by atoms with van der Waals surface area (Å²) in [7, 11) is 0. The van der Waals surface area contributed by atoms with E-state index in [1.54, 1.807) is 24.3 Å². The normalized spacial score (nSPS) is 13.4. The van der Waals surface area contributed by atoms with Crippen molar-refractivity contribution in [3.05, 3.63) is 53.1 Å². The second-order valence-electron chi connectivity index (χ2n) is 7.73. The molecule has 0 amide bonds. The van der Waals surface area contributed by atoms with Crippen LogP contribution >= 0.6 is 0 Å². The van der Waals surface area contributed by atoms with Crippen LogP contribution in [0.3, 0.4) is 0 Å². The first-order valence-corrected chi connectivity index (χ1v) is 9.27. The number of hydrogen-bond acceptors (Lipinski definition) is 7. The van der Waals surface area contributed by atoms with Crippen molar-refractivity contribution < 1.29 is 19.1 Å². The number of carbonyl (C=O) groups excluding carboxylic acids is 2. The number of benzene rings is 1. The first-order valence-electron chi connectivity index (χ1n) is 9.27. The van der Waals surface area contributed by atoms with E-state index in [-0.39, 0.29) is 17.9 Å². The van der Waals surface area contributed by atoms with Crippen LogP contribution in [-0.2, 0) is 19.1 Å². The lowest BCUT2D eigenvalue weighted by Gasteiger charge is -2.31. The van der Waals surface area contributed by atoms with Gasteiger partial charge in [-0.05, 0) is 18.2 Å². The molecule has 8 heteroatoms. The van der Waals surface area contributed by atoms with Crippen LogP contribution in [0, 0.1) is 5.41 Å². The molecule has 0 bridgehead atoms. The van der Waals surface area contributed by atoms with Gasteiger partial charge in [0, 0.05) is 19.3 Å². The number of hydrogen-bond donors (Lipinski definition) is 1. The molecule has 1 aromatic carbocycles. The fourth-order valence-electron chi connectivity index (χ4n) is 2.83. The van der Waals surface area contributed by atoms with Gasteiger partial charge in [-0.3, -0.25) is 14.4 Å². The van der Waals surface area contributed by atoms with Crippen molar-refractivity contribution in [2.24, 2.45) is 5.41 Å². The first-order chi connectivity index (χ1) is 13.5. The van der Waals surface area contributed by atoms with Gasteiger partial charge in [0.25, 0.3) is 5.56 Å². The molecule has 0 aliphatic heterocycles. The van der Waals surface area contributed by atoms with E-state index in [0.29, 0.717) is 10.9 Å². The van der Waals surface area contributed by atoms with Gasteiger partial charge in [0.15, 0.2) is 11.9 Å². The van der Waals surface area contributed by atoms with E-state index >= 15 is 0 Å². The fraction of sp³-hybridized carbons (Fsp3) is 0.429. The summed E-state index contributed by atoms with van der Waals surface area (Å²) in [5, 5.41) is 0.405. The largest absolute Gasteiger partial charge is 0.456 e. The standard InChI is InChI=1S/C21H27N3O5/c1-7-15(28-13(2)25)12-22-24-19(18(21(4,5)6)29-14(3)26)23-17-11-9-8-10-16(17)20(24)27/h7-11,15,18,22H,1,12H2,2-6H3/t15-,18-/m1/s1. The van der Waals surface area contributed by atoms with Crippen LogP contribution in [0.25, 0.3) is 10.9 Å². The zero-order chi connectivity index (χ0) is 21.8. The van der Waals surface area contributed by atoms with Crippen LogP contribution in [0.5, 0.6) is 0 Å². The van der Waals surface area contributed by atoms with E-state index in [1.807, 2.05) is 20.8 Å². The van der Waals surface area contributed by atoms with Crippen molar-refractivity contribution in [1.82, 2.24) is 9.66 Å². The van der Waals surface area contributed by atoms with Crippen LogP contribution in [0.4, 0.5) is 0 Å². The third kappa shape index (κ3) is 5.43. The third-order valence-electron chi connectivity index (χ3n) is 4.14. The molecule has 0 fully saturated rings. The fourth-order valence-corrected chi connectivity index (χ4v) is 2.83. The zero-order valence-corrected chi connectivity index (χ0v) is 17.4. The maximum Gasteiger partial charge on any atom is 0.303 e. The quantitative estimate of drug-likeness (QED) is 0.562. The van der Waals surface area contributed by atoms with Crippen LogP contribution in [0.2, 0.25) is 0 Å². The number of ether oxygens (including phenoxy) is 2. The van der Waals surface area contributed by atoms with Crippen LogP contribution in [0.1, 0.15) is 46.5 Å². The molecular formula is C21H27N3O5. The number of carbonyl (C=O) groups is 2. The van der Waals surface area contributed by atoms with Crippen molar-refractivity contribution >= 4 is 22.8 Å². The van der Waals surface area contributed by atoms with Gasteiger partial charge in [0.1, 0.15) is 6.10 Å². The predicted molar refractivity (Wildman–Crippen MR) is 110 cm³/mol. The Balaban J connectivity index is 2.61. The third-order valence-corrected chi connectivity index (χ3v) is 4.14. The van der Waals surface area contributed by atoms with Crippen LogP contribution in [-0.4, -0.2) is 34.2 Å². The predicted octanol–water partition coefficient (Wildman–Crippen LogP) is 2.71. The molecule has 2 aromatic rings. The van der Waals surface area contributed by atoms with Crippen molar-refractivity contribution in [3.63, 3.8) is 0 Å². The SMILES string of the molecule is C=C[C@H](CNn1c([C@@H](OC(C)=O)C(C)(C)C)nc2ccccc2c1=O)OC(C)=O. The van der Waals surface area contributed by atoms with E-state index in [9.17, 15) is 14.4 Å². The molecule has 0 saturated carbocycles. The summed E-state index contributed by atoms with van der Waals surface area (Å²) in [6.07, 6.45) is 0.0159. The molecule has 0 aliphatic rings. The first kappa shape index (κ1) is 22.1. The number of nitrogens with zero attached hydrogens (tertiary/aromatic N) is 2. The number of nitrogens with one attached hydrogen (secondary N) is 1. The summed E-state index contributed by atoms with van der Waals surface area (Å²) in [5.74, 6) is -0.696. The van der Waals surface area contributed by atoms with E-state index in [0.717, 1.165) is 0 Å². The Hall–Kier alpha value is -3.16. The topological polar surface area (TPSA) is 99.5 Å². The Morgan fingerprint density at radius 2 is 1.83 bits per heavy atom. The van der Waals surface area contributed by atoms with Gasteiger partial charge in [0.2, 0.25) is 0 Å². The highest BCUT2D eigenvalue weighted by Gasteiger charge is 2.34. The maximum absolute atomic E-state index is 13.2. The number of aromatic nitrogens is 2. The molecule has 2 atom stereocenters. The van der Waals surface area contributed by atoms with Crippen LogP contribution in [0.15, 0.2) is 41.7 Å². The lowest BCUT2D eigenvalue weighted by Crippen LogP contribution is -2.40. The molecule has 2 rings (SSSR count). The van der Waals surface area contributed by atoms with Gasteiger partial charge < -0.3 is 14.9 Å². The Morgan fingerprint density at radius 1 is 1.21 bits per heavy atom. The summed E-state index contributed by atoms with van der Waals surface area (Å²) in [5.41, 5.74) is 2.56. The molecule has 0 radical (unpaired) electrons. The zero-order valence-electron chi connectivity index (χ0n) is 17.4. The second kappa shape index (κ2) is 8.89. The van der Waals surface area contributed by atoms with Gasteiger partial charge in [-0.15, -0.1) is 0 Å². The van der Waals surface area contributed by atoms with Gasteiger partial charge in [-0.25, -0.2) is 9.66 Å². The molecule has 8 nitrogen and oxygen atoms in total. The van der Waals surface area contributed by atoms with E-state index < -0.39 is 29.6 Å². The van der Waals surface area contributed by atoms with Gasteiger partial charge >= 0.3 is 11.9 Å². The van der Waals surface area contributed by atoms with Crippen molar-refractivity contribution in [2.45, 2.75) is 46.8 Å². The Kier molecular flexibility index (Phi) is 6.79. The minimum Gasteiger partial charge on any atom is -0.456 e. The van der Waals surface area contributed by atoms with Crippen molar-refractivity contribution in [3.8, 4) is 0 Å². The molecule has 1 N–H and O–H groups in total. The molecule has 0 spiro atoms. The summed E-state index contributed by atoms with van der Waals surface area (Å²) >= 11 is 0. The summed E-state index contributed by atoms with van der Waals surface area (Å²) < 4.78 is 11.9. The highest BCUT2D eigenvalue weighted by atomic mass is 16.5. The van der Waals surface area contributed by atoms with Gasteiger partial charge in [-0.1, -0.05) is 39.5 Å². The smallest absolute Gasteiger partial charge is 0.303 e. The maximum atomic E-state index is 13.2. The average molecular weight is 401 g/mol. The van der Waals surface area contributed by atoms with E-state index in [4.69, 9.17) is 9.47 Å². The molecule has 1 aromatic heterocycles. The number of rotatable bonds is 7. The van der Waals surface area contributed by atoms with Crippen LogP contribution < -0.4 is 11.0 Å². The average Bonchev–Trinajstić information content (AvgIpc) is 2.63. The summed E-state index contributed by atoms with van der Waals surface area (Å²) in [6.45, 7) is 12.0. The Bertz CT molecular complexity index is 974. The molecular weight excluding hydrogens is 374 g/mol. The van der Waals surface area contributed by atoms with Crippen molar-refractivity contribution in [1.29, 1.82) is 0 Å². The van der Waals surface area contributed by atoms with E-state index in [2.05, 4.69) is 17.0 Å². The Labute approximate surface area is 169 Å². The van der Waals surface area contributed by atoms with Crippen molar-refractivity contribution in [2.75, 3.05) is 12.0 Å². The lowest BCUT2D eigenvalue weighted by atomic mass is 9.88. The highest BCUT2D eigenvalue weighted by molar-refractivity contribution is 5.77. The summed E-state index contributed by atoms with van der Waals surface area (Å²) in [6, 6.07) is 6.92. The summed E-state index contributed by atoms with van der Waals surface area (Å²) in [4.78, 5) is 40.8. The minimum absolute atomic E-state index is 0.0902. The number of para-hydroxylation sites is 1.